The van der Waals surface area contributed by atoms with Gasteiger partial charge in [-0.15, -0.1) is 0 Å². The first kappa shape index (κ1) is 24.9. The van der Waals surface area contributed by atoms with E-state index in [-0.39, 0.29) is 0 Å². The second kappa shape index (κ2) is 9.43. The topological polar surface area (TPSA) is 88.3 Å². The standard InChI is InChI=1S/C28H32FN7OS/c1-17(2)35-14-19-8-5-7-18-11-21(12-20(15-35)26(18)19)31-28-30-13-22-23(29)16-36(27(22)33-28)25-10-6-9-24(32-25)34-38(3,4)37/h6,9-13,16-17,19H,5,7-8,14-15H2,1-4H3,(H,30,31,33). The van der Waals surface area contributed by atoms with Gasteiger partial charge in [0.2, 0.25) is 5.95 Å². The van der Waals surface area contributed by atoms with Crippen LogP contribution in [-0.4, -0.2) is 53.7 Å². The van der Waals surface area contributed by atoms with Crippen LogP contribution in [0, 0.1) is 5.82 Å². The summed E-state index contributed by atoms with van der Waals surface area (Å²) in [6.45, 7) is 6.59. The van der Waals surface area contributed by atoms with E-state index in [1.54, 1.807) is 35.3 Å². The maximum absolute atomic E-state index is 14.8. The van der Waals surface area contributed by atoms with Crippen molar-refractivity contribution in [2.24, 2.45) is 4.36 Å². The minimum atomic E-state index is -2.38. The molecule has 2 aliphatic rings. The predicted octanol–water partition coefficient (Wildman–Crippen LogP) is 5.70. The highest BCUT2D eigenvalue weighted by atomic mass is 32.2. The van der Waals surface area contributed by atoms with Gasteiger partial charge < -0.3 is 5.32 Å². The Morgan fingerprint density at radius 3 is 2.79 bits per heavy atom. The molecular formula is C28H32FN7OS. The van der Waals surface area contributed by atoms with Gasteiger partial charge >= 0.3 is 0 Å². The van der Waals surface area contributed by atoms with Gasteiger partial charge in [0.25, 0.3) is 0 Å². The fourth-order valence-corrected chi connectivity index (χ4v) is 6.25. The minimum Gasteiger partial charge on any atom is -0.324 e. The first-order chi connectivity index (χ1) is 18.1. The maximum atomic E-state index is 14.8. The zero-order valence-electron chi connectivity index (χ0n) is 22.1. The van der Waals surface area contributed by atoms with E-state index >= 15 is 0 Å². The molecule has 1 N–H and O–H groups in total. The van der Waals surface area contributed by atoms with Crippen LogP contribution in [0.5, 0.6) is 0 Å². The molecule has 10 heteroatoms. The van der Waals surface area contributed by atoms with E-state index in [9.17, 15) is 8.60 Å². The summed E-state index contributed by atoms with van der Waals surface area (Å²) >= 11 is 0. The molecule has 1 aliphatic carbocycles. The number of rotatable bonds is 5. The van der Waals surface area contributed by atoms with Gasteiger partial charge in [-0.2, -0.15) is 9.35 Å². The number of halogens is 1. The van der Waals surface area contributed by atoms with Crippen molar-refractivity contribution in [2.45, 2.75) is 51.6 Å². The zero-order chi connectivity index (χ0) is 26.6. The fraction of sp³-hybridized carbons (Fsp3) is 0.393. The number of aromatic nitrogens is 4. The Morgan fingerprint density at radius 1 is 1.18 bits per heavy atom. The van der Waals surface area contributed by atoms with E-state index < -0.39 is 15.5 Å². The van der Waals surface area contributed by atoms with Crippen molar-refractivity contribution in [1.29, 1.82) is 0 Å². The van der Waals surface area contributed by atoms with E-state index in [2.05, 4.69) is 55.5 Å². The summed E-state index contributed by atoms with van der Waals surface area (Å²) in [5.41, 5.74) is 5.66. The van der Waals surface area contributed by atoms with Gasteiger partial charge in [-0.05, 0) is 80.0 Å². The number of hydrogen-bond donors (Lipinski definition) is 1. The second-order valence-corrected chi connectivity index (χ2v) is 13.4. The van der Waals surface area contributed by atoms with Crippen molar-refractivity contribution in [3.63, 3.8) is 0 Å². The molecule has 198 valence electrons. The van der Waals surface area contributed by atoms with Gasteiger partial charge in [-0.1, -0.05) is 6.07 Å². The third-order valence-corrected chi connectivity index (χ3v) is 7.98. The summed E-state index contributed by atoms with van der Waals surface area (Å²) in [6, 6.07) is 10.1. The van der Waals surface area contributed by atoms with Crippen LogP contribution in [0.1, 0.15) is 49.3 Å². The quantitative estimate of drug-likeness (QED) is 0.354. The SMILES string of the molecule is CC(C)N1Cc2cc(Nc3ncc4c(F)cn(-c5cccc(N=S(C)(C)=O)n5)c4n3)cc3c2C(CCC3)C1. The number of hydrogen-bond acceptors (Lipinski definition) is 7. The molecule has 1 aromatic carbocycles. The maximum Gasteiger partial charge on any atom is 0.229 e. The van der Waals surface area contributed by atoms with Crippen LogP contribution in [0.3, 0.4) is 0 Å². The third kappa shape index (κ3) is 4.78. The molecule has 4 heterocycles. The van der Waals surface area contributed by atoms with Crippen molar-refractivity contribution in [3.05, 3.63) is 65.2 Å². The first-order valence-electron chi connectivity index (χ1n) is 13.0. The Bertz CT molecular complexity index is 1660. The van der Waals surface area contributed by atoms with Crippen LogP contribution >= 0.6 is 0 Å². The second-order valence-electron chi connectivity index (χ2n) is 10.8. The highest BCUT2D eigenvalue weighted by Gasteiger charge is 2.31. The average Bonchev–Trinajstić information content (AvgIpc) is 3.19. The summed E-state index contributed by atoms with van der Waals surface area (Å²) < 4.78 is 32.7. The largest absolute Gasteiger partial charge is 0.324 e. The van der Waals surface area contributed by atoms with Crippen molar-refractivity contribution < 1.29 is 8.60 Å². The molecule has 6 rings (SSSR count). The molecule has 0 amide bonds. The Labute approximate surface area is 222 Å². The number of benzene rings is 1. The highest BCUT2D eigenvalue weighted by Crippen LogP contribution is 2.41. The van der Waals surface area contributed by atoms with Gasteiger partial charge in [0.15, 0.2) is 17.3 Å². The molecule has 0 saturated carbocycles. The summed E-state index contributed by atoms with van der Waals surface area (Å²) in [7, 11) is -2.38. The normalized spacial score (nSPS) is 17.6. The van der Waals surface area contributed by atoms with Crippen molar-refractivity contribution in [3.8, 4) is 5.82 Å². The molecule has 0 fully saturated rings. The Balaban J connectivity index is 1.37. The lowest BCUT2D eigenvalue weighted by atomic mass is 9.77. The third-order valence-electron chi connectivity index (χ3n) is 7.35. The number of pyridine rings is 1. The van der Waals surface area contributed by atoms with Crippen LogP contribution in [0.15, 0.2) is 47.1 Å². The van der Waals surface area contributed by atoms with Crippen molar-refractivity contribution in [2.75, 3.05) is 24.4 Å². The molecule has 8 nitrogen and oxygen atoms in total. The smallest absolute Gasteiger partial charge is 0.229 e. The molecule has 0 bridgehead atoms. The summed E-state index contributed by atoms with van der Waals surface area (Å²) in [4.78, 5) is 16.1. The van der Waals surface area contributed by atoms with Crippen LogP contribution in [0.2, 0.25) is 0 Å². The monoisotopic (exact) mass is 533 g/mol. The van der Waals surface area contributed by atoms with Crippen molar-refractivity contribution in [1.82, 2.24) is 24.4 Å². The number of fused-ring (bicyclic) bond motifs is 1. The zero-order valence-corrected chi connectivity index (χ0v) is 22.9. The van der Waals surface area contributed by atoms with E-state index in [1.807, 2.05) is 0 Å². The molecule has 38 heavy (non-hydrogen) atoms. The fourth-order valence-electron chi connectivity index (χ4n) is 5.69. The average molecular weight is 534 g/mol. The van der Waals surface area contributed by atoms with Crippen LogP contribution in [0.25, 0.3) is 16.9 Å². The lowest BCUT2D eigenvalue weighted by Crippen LogP contribution is -2.39. The molecular weight excluding hydrogens is 501 g/mol. The summed E-state index contributed by atoms with van der Waals surface area (Å²) in [6.07, 6.45) is 9.46. The first-order valence-corrected chi connectivity index (χ1v) is 15.3. The van der Waals surface area contributed by atoms with E-state index in [0.29, 0.717) is 40.6 Å². The van der Waals surface area contributed by atoms with Gasteiger partial charge in [0.1, 0.15) is 5.82 Å². The lowest BCUT2D eigenvalue weighted by molar-refractivity contribution is 0.176. The van der Waals surface area contributed by atoms with E-state index in [0.717, 1.165) is 25.2 Å². The predicted molar refractivity (Wildman–Crippen MR) is 150 cm³/mol. The number of nitrogens with zero attached hydrogens (tertiary/aromatic N) is 6. The van der Waals surface area contributed by atoms with E-state index in [1.165, 1.54) is 41.9 Å². The Hall–Kier alpha value is -3.37. The minimum absolute atomic E-state index is 0.297. The van der Waals surface area contributed by atoms with Crippen LogP contribution in [0.4, 0.5) is 21.8 Å². The Kier molecular flexibility index (Phi) is 6.19. The van der Waals surface area contributed by atoms with Gasteiger partial charge in [-0.3, -0.25) is 9.47 Å². The number of anilines is 2. The van der Waals surface area contributed by atoms with Crippen molar-refractivity contribution >= 4 is 38.2 Å². The number of nitrogens with one attached hydrogen (secondary N) is 1. The molecule has 0 saturated heterocycles. The molecule has 1 aliphatic heterocycles. The summed E-state index contributed by atoms with van der Waals surface area (Å²) in [5.74, 6) is 1.30. The molecule has 0 spiro atoms. The molecule has 3 aromatic heterocycles. The van der Waals surface area contributed by atoms with E-state index in [4.69, 9.17) is 0 Å². The van der Waals surface area contributed by atoms with Gasteiger partial charge in [0, 0.05) is 59.5 Å². The summed E-state index contributed by atoms with van der Waals surface area (Å²) in [5, 5.41) is 3.68. The molecule has 0 radical (unpaired) electrons. The van der Waals surface area contributed by atoms with Crippen LogP contribution in [-0.2, 0) is 22.7 Å². The molecule has 4 aromatic rings. The lowest BCUT2D eigenvalue weighted by Gasteiger charge is -2.40. The van der Waals surface area contributed by atoms with Gasteiger partial charge in [-0.25, -0.2) is 18.6 Å². The molecule has 1 atom stereocenters. The van der Waals surface area contributed by atoms with Gasteiger partial charge in [0.05, 0.1) is 5.39 Å². The Morgan fingerprint density at radius 2 is 2.00 bits per heavy atom. The van der Waals surface area contributed by atoms with Crippen LogP contribution < -0.4 is 5.32 Å². The number of aryl methyl sites for hydroxylation is 1. The highest BCUT2D eigenvalue weighted by molar-refractivity contribution is 7.92. The molecule has 1 unspecified atom stereocenters.